The Morgan fingerprint density at radius 2 is 1.47 bits per heavy atom. The van der Waals surface area contributed by atoms with Gasteiger partial charge in [-0.25, -0.2) is 0 Å². The van der Waals surface area contributed by atoms with E-state index in [-0.39, 0.29) is 0 Å². The lowest BCUT2D eigenvalue weighted by Crippen LogP contribution is -2.33. The molecule has 19 heavy (non-hydrogen) atoms. The number of hydrogen-bond donors (Lipinski definition) is 1. The Balaban J connectivity index is 1.66. The summed E-state index contributed by atoms with van der Waals surface area (Å²) in [6, 6.07) is 0.813. The molecule has 0 saturated heterocycles. The fourth-order valence-electron chi connectivity index (χ4n) is 4.33. The summed E-state index contributed by atoms with van der Waals surface area (Å²) in [5.41, 5.74) is 0. The molecule has 1 heteroatoms. The molecule has 0 atom stereocenters. The van der Waals surface area contributed by atoms with Gasteiger partial charge in [0.05, 0.1) is 0 Å². The van der Waals surface area contributed by atoms with Crippen LogP contribution in [0.2, 0.25) is 0 Å². The van der Waals surface area contributed by atoms with Gasteiger partial charge in [0.2, 0.25) is 0 Å². The average molecular weight is 263 g/mol. The molecule has 0 spiro atoms. The van der Waals surface area contributed by atoms with Gasteiger partial charge in [-0.05, 0) is 83.1 Å². The summed E-state index contributed by atoms with van der Waals surface area (Å²) in [6.07, 6.45) is 19.1. The van der Waals surface area contributed by atoms with Crippen molar-refractivity contribution in [1.82, 2.24) is 5.32 Å². The van der Waals surface area contributed by atoms with Crippen LogP contribution in [0.15, 0.2) is 12.2 Å². The molecule has 1 nitrogen and oxygen atoms in total. The third-order valence-corrected chi connectivity index (χ3v) is 5.72. The van der Waals surface area contributed by atoms with Gasteiger partial charge in [0.1, 0.15) is 0 Å². The normalized spacial score (nSPS) is 36.7. The quantitative estimate of drug-likeness (QED) is 0.694. The highest BCUT2D eigenvalue weighted by molar-refractivity contribution is 4.85. The SMILES string of the molecule is C/C=C/CCC1CCC(C2CCC(NC)CC2)CC1. The van der Waals surface area contributed by atoms with E-state index in [0.29, 0.717) is 0 Å². The van der Waals surface area contributed by atoms with Crippen molar-refractivity contribution < 1.29 is 0 Å². The number of allylic oxidation sites excluding steroid dienone is 2. The Labute approximate surface area is 120 Å². The predicted octanol–water partition coefficient (Wildman–Crippen LogP) is 4.93. The summed E-state index contributed by atoms with van der Waals surface area (Å²) in [6.45, 7) is 2.14. The van der Waals surface area contributed by atoms with Crippen LogP contribution in [0, 0.1) is 17.8 Å². The minimum absolute atomic E-state index is 0.813. The van der Waals surface area contributed by atoms with Crippen molar-refractivity contribution in [2.24, 2.45) is 17.8 Å². The molecule has 2 fully saturated rings. The highest BCUT2D eigenvalue weighted by Gasteiger charge is 2.30. The van der Waals surface area contributed by atoms with Crippen LogP contribution in [-0.4, -0.2) is 13.1 Å². The third kappa shape index (κ3) is 4.63. The molecule has 0 bridgehead atoms. The van der Waals surface area contributed by atoms with Crippen LogP contribution >= 0.6 is 0 Å². The Morgan fingerprint density at radius 1 is 0.895 bits per heavy atom. The topological polar surface area (TPSA) is 12.0 Å². The van der Waals surface area contributed by atoms with Crippen LogP contribution in [0.1, 0.15) is 71.1 Å². The average Bonchev–Trinajstić information content (AvgIpc) is 2.48. The van der Waals surface area contributed by atoms with Gasteiger partial charge in [-0.15, -0.1) is 0 Å². The molecule has 2 saturated carbocycles. The smallest absolute Gasteiger partial charge is 0.00642 e. The summed E-state index contributed by atoms with van der Waals surface area (Å²) in [4.78, 5) is 0. The standard InChI is InChI=1S/C18H33N/c1-3-4-5-6-15-7-9-16(10-8-15)17-11-13-18(19-2)14-12-17/h3-4,15-19H,5-14H2,1-2H3/b4-3+. The summed E-state index contributed by atoms with van der Waals surface area (Å²) in [7, 11) is 2.13. The fourth-order valence-corrected chi connectivity index (χ4v) is 4.33. The number of rotatable bonds is 5. The first-order valence-corrected chi connectivity index (χ1v) is 8.62. The molecule has 1 N–H and O–H groups in total. The Hall–Kier alpha value is -0.300. The van der Waals surface area contributed by atoms with E-state index in [1.807, 2.05) is 0 Å². The Bertz CT molecular complexity index is 255. The van der Waals surface area contributed by atoms with E-state index in [1.54, 1.807) is 0 Å². The lowest BCUT2D eigenvalue weighted by molar-refractivity contribution is 0.153. The number of nitrogens with one attached hydrogen (secondary N) is 1. The van der Waals surface area contributed by atoms with E-state index < -0.39 is 0 Å². The first-order chi connectivity index (χ1) is 9.33. The van der Waals surface area contributed by atoms with Gasteiger partial charge in [-0.2, -0.15) is 0 Å². The van der Waals surface area contributed by atoms with Gasteiger partial charge < -0.3 is 5.32 Å². The summed E-state index contributed by atoms with van der Waals surface area (Å²) in [5, 5.41) is 3.46. The maximum atomic E-state index is 3.46. The van der Waals surface area contributed by atoms with Crippen molar-refractivity contribution >= 4 is 0 Å². The van der Waals surface area contributed by atoms with E-state index in [9.17, 15) is 0 Å². The van der Waals surface area contributed by atoms with Crippen molar-refractivity contribution in [2.75, 3.05) is 7.05 Å². The molecular formula is C18H33N. The minimum Gasteiger partial charge on any atom is -0.317 e. The first kappa shape index (κ1) is 15.1. The molecular weight excluding hydrogens is 230 g/mol. The van der Waals surface area contributed by atoms with Gasteiger partial charge in [0.15, 0.2) is 0 Å². The third-order valence-electron chi connectivity index (χ3n) is 5.72. The molecule has 0 heterocycles. The molecule has 110 valence electrons. The Kier molecular flexibility index (Phi) is 6.43. The van der Waals surface area contributed by atoms with E-state index in [2.05, 4.69) is 31.4 Å². The van der Waals surface area contributed by atoms with Crippen molar-refractivity contribution in [3.8, 4) is 0 Å². The highest BCUT2D eigenvalue weighted by Crippen LogP contribution is 2.40. The zero-order chi connectivity index (χ0) is 13.5. The molecule has 2 aliphatic rings. The van der Waals surface area contributed by atoms with Gasteiger partial charge in [0, 0.05) is 6.04 Å². The lowest BCUT2D eigenvalue weighted by Gasteiger charge is -2.37. The van der Waals surface area contributed by atoms with E-state index >= 15 is 0 Å². The maximum Gasteiger partial charge on any atom is 0.00642 e. The second-order valence-electron chi connectivity index (χ2n) is 6.83. The van der Waals surface area contributed by atoms with Crippen LogP contribution in [0.25, 0.3) is 0 Å². The molecule has 0 aromatic rings. The van der Waals surface area contributed by atoms with Crippen LogP contribution in [0.3, 0.4) is 0 Å². The number of hydrogen-bond acceptors (Lipinski definition) is 1. The van der Waals surface area contributed by atoms with Crippen molar-refractivity contribution in [1.29, 1.82) is 0 Å². The summed E-state index contributed by atoms with van der Waals surface area (Å²) in [5.74, 6) is 3.15. The maximum absolute atomic E-state index is 3.46. The monoisotopic (exact) mass is 263 g/mol. The summed E-state index contributed by atoms with van der Waals surface area (Å²) < 4.78 is 0. The van der Waals surface area contributed by atoms with Crippen LogP contribution in [0.4, 0.5) is 0 Å². The van der Waals surface area contributed by atoms with Gasteiger partial charge in [-0.1, -0.05) is 25.0 Å². The minimum atomic E-state index is 0.813. The highest BCUT2D eigenvalue weighted by atomic mass is 14.9. The first-order valence-electron chi connectivity index (χ1n) is 8.62. The van der Waals surface area contributed by atoms with E-state index in [0.717, 1.165) is 23.8 Å². The van der Waals surface area contributed by atoms with E-state index in [4.69, 9.17) is 0 Å². The predicted molar refractivity (Wildman–Crippen MR) is 84.3 cm³/mol. The van der Waals surface area contributed by atoms with Crippen molar-refractivity contribution in [3.05, 3.63) is 12.2 Å². The fraction of sp³-hybridized carbons (Fsp3) is 0.889. The van der Waals surface area contributed by atoms with Crippen LogP contribution in [0.5, 0.6) is 0 Å². The second-order valence-corrected chi connectivity index (χ2v) is 6.83. The molecule has 0 aromatic heterocycles. The zero-order valence-corrected chi connectivity index (χ0v) is 13.0. The van der Waals surface area contributed by atoms with Crippen LogP contribution in [-0.2, 0) is 0 Å². The lowest BCUT2D eigenvalue weighted by atomic mass is 9.69. The molecule has 0 radical (unpaired) electrons. The van der Waals surface area contributed by atoms with Gasteiger partial charge >= 0.3 is 0 Å². The van der Waals surface area contributed by atoms with Crippen LogP contribution < -0.4 is 5.32 Å². The molecule has 2 rings (SSSR count). The Morgan fingerprint density at radius 3 is 2.00 bits per heavy atom. The molecule has 0 amide bonds. The molecule has 0 unspecified atom stereocenters. The van der Waals surface area contributed by atoms with Crippen molar-refractivity contribution in [3.63, 3.8) is 0 Å². The van der Waals surface area contributed by atoms with E-state index in [1.165, 1.54) is 64.2 Å². The van der Waals surface area contributed by atoms with Gasteiger partial charge in [-0.3, -0.25) is 0 Å². The van der Waals surface area contributed by atoms with Crippen molar-refractivity contribution in [2.45, 2.75) is 77.2 Å². The molecule has 0 aromatic carbocycles. The largest absolute Gasteiger partial charge is 0.317 e. The zero-order valence-electron chi connectivity index (χ0n) is 13.0. The molecule has 0 aliphatic heterocycles. The van der Waals surface area contributed by atoms with Gasteiger partial charge in [0.25, 0.3) is 0 Å². The molecule has 2 aliphatic carbocycles. The summed E-state index contributed by atoms with van der Waals surface area (Å²) >= 11 is 0. The second kappa shape index (κ2) is 8.09.